The van der Waals surface area contributed by atoms with Crippen LogP contribution in [0.15, 0.2) is 0 Å². The van der Waals surface area contributed by atoms with E-state index in [2.05, 4.69) is 0 Å². The van der Waals surface area contributed by atoms with Crippen molar-refractivity contribution in [3.05, 3.63) is 22.5 Å². The Hall–Kier alpha value is -2.15. The van der Waals surface area contributed by atoms with Gasteiger partial charge in [-0.3, -0.25) is 9.59 Å². The van der Waals surface area contributed by atoms with Crippen molar-refractivity contribution in [2.24, 2.45) is 5.92 Å². The first-order valence-corrected chi connectivity index (χ1v) is 11.0. The maximum Gasteiger partial charge on any atom is 0.354 e. The van der Waals surface area contributed by atoms with Gasteiger partial charge < -0.3 is 18.9 Å². The zero-order valence-corrected chi connectivity index (χ0v) is 19.1. The van der Waals surface area contributed by atoms with E-state index in [4.69, 9.17) is 9.47 Å². The number of carbonyl (C=O) groups excluding carboxylic acids is 3. The van der Waals surface area contributed by atoms with Crippen molar-refractivity contribution < 1.29 is 23.9 Å². The fraction of sp³-hybridized carbons (Fsp3) is 0.696. The summed E-state index contributed by atoms with van der Waals surface area (Å²) in [4.78, 5) is 40.4. The Morgan fingerprint density at radius 1 is 1.13 bits per heavy atom. The fourth-order valence-corrected chi connectivity index (χ4v) is 4.51. The van der Waals surface area contributed by atoms with E-state index < -0.39 is 5.97 Å². The van der Waals surface area contributed by atoms with Gasteiger partial charge in [0.1, 0.15) is 5.69 Å². The Morgan fingerprint density at radius 2 is 1.80 bits per heavy atom. The Balaban J connectivity index is 2.26. The van der Waals surface area contributed by atoms with Crippen LogP contribution in [0.2, 0.25) is 0 Å². The summed E-state index contributed by atoms with van der Waals surface area (Å²) in [5.41, 5.74) is 2.29. The smallest absolute Gasteiger partial charge is 0.354 e. The van der Waals surface area contributed by atoms with Gasteiger partial charge in [-0.1, -0.05) is 12.8 Å². The highest BCUT2D eigenvalue weighted by Crippen LogP contribution is 2.28. The van der Waals surface area contributed by atoms with Gasteiger partial charge in [-0.15, -0.1) is 0 Å². The third kappa shape index (κ3) is 5.31. The minimum Gasteiger partial charge on any atom is -0.464 e. The van der Waals surface area contributed by atoms with E-state index in [0.717, 1.165) is 31.4 Å². The first-order chi connectivity index (χ1) is 14.4. The summed E-state index contributed by atoms with van der Waals surface area (Å²) in [5.74, 6) is -0.508. The second-order valence-electron chi connectivity index (χ2n) is 7.88. The lowest BCUT2D eigenvalue weighted by atomic mass is 10.0. The number of amides is 1. The number of nitrogens with zero attached hydrogens (tertiary/aromatic N) is 2. The van der Waals surface area contributed by atoms with Crippen LogP contribution < -0.4 is 0 Å². The van der Waals surface area contributed by atoms with E-state index in [-0.39, 0.29) is 24.2 Å². The number of hydrogen-bond acceptors (Lipinski definition) is 5. The lowest BCUT2D eigenvalue weighted by Gasteiger charge is -2.25. The molecule has 0 atom stereocenters. The number of hydrogen-bond donors (Lipinski definition) is 0. The number of ether oxygens (including phenoxy) is 2. The van der Waals surface area contributed by atoms with Gasteiger partial charge in [0.25, 0.3) is 0 Å². The molecular formula is C23H36N2O5. The molecule has 1 fully saturated rings. The lowest BCUT2D eigenvalue weighted by molar-refractivity contribution is -0.135. The molecule has 0 bridgehead atoms. The van der Waals surface area contributed by atoms with Crippen LogP contribution in [-0.2, 0) is 20.8 Å². The van der Waals surface area contributed by atoms with Crippen LogP contribution in [-0.4, -0.2) is 60.5 Å². The van der Waals surface area contributed by atoms with E-state index in [1.807, 2.05) is 25.3 Å². The molecule has 1 aliphatic rings. The number of Topliss-reactive ketones (excluding diaryl/α,β-unsaturated/α-hetero) is 1. The van der Waals surface area contributed by atoms with Crippen molar-refractivity contribution in [1.82, 2.24) is 9.47 Å². The standard InChI is InChI=1S/C23H36N2O5/c1-6-25-17(4)20(16(3)21(25)23(28)29-5)19(26)15-24(13-10-14-30-7-2)22(27)18-11-8-9-12-18/h18H,6-15H2,1-5H3. The Morgan fingerprint density at radius 3 is 2.37 bits per heavy atom. The highest BCUT2D eigenvalue weighted by Gasteiger charge is 2.31. The predicted molar refractivity (Wildman–Crippen MR) is 115 cm³/mol. The third-order valence-corrected chi connectivity index (χ3v) is 6.01. The van der Waals surface area contributed by atoms with Gasteiger partial charge in [0.2, 0.25) is 5.91 Å². The molecule has 30 heavy (non-hydrogen) atoms. The molecule has 0 N–H and O–H groups in total. The first-order valence-electron chi connectivity index (χ1n) is 11.0. The number of esters is 1. The van der Waals surface area contributed by atoms with E-state index in [9.17, 15) is 14.4 Å². The number of ketones is 1. The molecular weight excluding hydrogens is 384 g/mol. The number of carbonyl (C=O) groups is 3. The van der Waals surface area contributed by atoms with E-state index in [0.29, 0.717) is 49.5 Å². The molecule has 1 amide bonds. The summed E-state index contributed by atoms with van der Waals surface area (Å²) in [6.07, 6.45) is 4.62. The van der Waals surface area contributed by atoms with Crippen LogP contribution in [0.3, 0.4) is 0 Å². The molecule has 0 radical (unpaired) electrons. The molecule has 0 saturated heterocycles. The van der Waals surface area contributed by atoms with Crippen molar-refractivity contribution >= 4 is 17.7 Å². The summed E-state index contributed by atoms with van der Waals surface area (Å²) >= 11 is 0. The van der Waals surface area contributed by atoms with Gasteiger partial charge in [0, 0.05) is 43.5 Å². The molecule has 0 spiro atoms. The highest BCUT2D eigenvalue weighted by molar-refractivity contribution is 6.04. The van der Waals surface area contributed by atoms with Crippen molar-refractivity contribution in [3.8, 4) is 0 Å². The second kappa shape index (κ2) is 11.3. The molecule has 0 aromatic carbocycles. The topological polar surface area (TPSA) is 77.8 Å². The molecule has 2 rings (SSSR count). The van der Waals surface area contributed by atoms with Gasteiger partial charge in [0.15, 0.2) is 5.78 Å². The van der Waals surface area contributed by atoms with Crippen LogP contribution in [0.25, 0.3) is 0 Å². The second-order valence-corrected chi connectivity index (χ2v) is 7.88. The summed E-state index contributed by atoms with van der Waals surface area (Å²) in [5, 5.41) is 0. The number of methoxy groups -OCH3 is 1. The van der Waals surface area contributed by atoms with Gasteiger partial charge >= 0.3 is 5.97 Å². The average Bonchev–Trinajstić information content (AvgIpc) is 3.35. The molecule has 1 aliphatic carbocycles. The van der Waals surface area contributed by atoms with E-state index >= 15 is 0 Å². The summed E-state index contributed by atoms with van der Waals surface area (Å²) < 4.78 is 12.1. The molecule has 7 heteroatoms. The quantitative estimate of drug-likeness (QED) is 0.311. The largest absolute Gasteiger partial charge is 0.464 e. The fourth-order valence-electron chi connectivity index (χ4n) is 4.51. The third-order valence-electron chi connectivity index (χ3n) is 6.01. The summed E-state index contributed by atoms with van der Waals surface area (Å²) in [7, 11) is 1.34. The first kappa shape index (κ1) is 24.1. The Bertz CT molecular complexity index is 762. The van der Waals surface area contributed by atoms with E-state index in [1.165, 1.54) is 7.11 Å². The van der Waals surface area contributed by atoms with E-state index in [1.54, 1.807) is 11.8 Å². The Labute approximate surface area is 179 Å². The van der Waals surface area contributed by atoms with Crippen molar-refractivity contribution in [2.45, 2.75) is 66.3 Å². The molecule has 7 nitrogen and oxygen atoms in total. The molecule has 0 unspecified atom stereocenters. The molecule has 1 aromatic rings. The van der Waals surface area contributed by atoms with Gasteiger partial charge in [-0.05, 0) is 52.5 Å². The van der Waals surface area contributed by atoms with Crippen molar-refractivity contribution in [3.63, 3.8) is 0 Å². The minimum atomic E-state index is -0.452. The molecule has 1 saturated carbocycles. The van der Waals surface area contributed by atoms with Crippen LogP contribution >= 0.6 is 0 Å². The van der Waals surface area contributed by atoms with Gasteiger partial charge in [0.05, 0.1) is 13.7 Å². The van der Waals surface area contributed by atoms with Crippen LogP contribution in [0, 0.1) is 19.8 Å². The minimum absolute atomic E-state index is 0.0120. The monoisotopic (exact) mass is 420 g/mol. The molecule has 0 aliphatic heterocycles. The Kier molecular flexibility index (Phi) is 9.08. The number of aromatic nitrogens is 1. The maximum absolute atomic E-state index is 13.3. The van der Waals surface area contributed by atoms with Gasteiger partial charge in [-0.25, -0.2) is 4.79 Å². The normalized spacial score (nSPS) is 14.2. The van der Waals surface area contributed by atoms with Crippen molar-refractivity contribution in [1.29, 1.82) is 0 Å². The average molecular weight is 421 g/mol. The van der Waals surface area contributed by atoms with Crippen molar-refractivity contribution in [2.75, 3.05) is 33.4 Å². The lowest BCUT2D eigenvalue weighted by Crippen LogP contribution is -2.40. The summed E-state index contributed by atoms with van der Waals surface area (Å²) in [6, 6.07) is 0. The predicted octanol–water partition coefficient (Wildman–Crippen LogP) is 3.54. The highest BCUT2D eigenvalue weighted by atomic mass is 16.5. The van der Waals surface area contributed by atoms with Crippen LogP contribution in [0.5, 0.6) is 0 Å². The van der Waals surface area contributed by atoms with Crippen LogP contribution in [0.4, 0.5) is 0 Å². The molecule has 168 valence electrons. The zero-order chi connectivity index (χ0) is 22.3. The van der Waals surface area contributed by atoms with Crippen LogP contribution in [0.1, 0.15) is 78.1 Å². The molecule has 1 aromatic heterocycles. The SMILES string of the molecule is CCOCCCN(CC(=O)c1c(C)c(C(=O)OC)n(CC)c1C)C(=O)C1CCCC1. The number of rotatable bonds is 11. The van der Waals surface area contributed by atoms with Gasteiger partial charge in [-0.2, -0.15) is 0 Å². The zero-order valence-electron chi connectivity index (χ0n) is 19.1. The maximum atomic E-state index is 13.3. The summed E-state index contributed by atoms with van der Waals surface area (Å²) in [6.45, 7) is 9.76. The molecule has 1 heterocycles.